The summed E-state index contributed by atoms with van der Waals surface area (Å²) in [4.78, 5) is 12.5. The molecule has 1 atom stereocenters. The monoisotopic (exact) mass is 340 g/mol. The van der Waals surface area contributed by atoms with E-state index in [4.69, 9.17) is 0 Å². The standard InChI is InChI=1S/C17H20N6S/c1-22-16-15(20-21-22)17(19-12-18-16)23-10-4-2-3-6-13(23)8-9-14-7-5-11-24-14/h5,7-9,11-13H,2-4,6,10H2,1H3/b9-8+. The Bertz CT molecular complexity index is 838. The quantitative estimate of drug-likeness (QED) is 0.732. The first kappa shape index (κ1) is 15.3. The number of fused-ring (bicyclic) bond motifs is 1. The van der Waals surface area contributed by atoms with Crippen molar-refractivity contribution >= 4 is 34.4 Å². The Morgan fingerprint density at radius 3 is 3.08 bits per heavy atom. The summed E-state index contributed by atoms with van der Waals surface area (Å²) in [6.45, 7) is 0.988. The number of aromatic nitrogens is 5. The fourth-order valence-electron chi connectivity index (χ4n) is 3.24. The van der Waals surface area contributed by atoms with Gasteiger partial charge in [-0.05, 0) is 30.4 Å². The molecular formula is C17H20N6S. The fourth-order valence-corrected chi connectivity index (χ4v) is 3.87. The summed E-state index contributed by atoms with van der Waals surface area (Å²) in [7, 11) is 1.86. The van der Waals surface area contributed by atoms with Crippen LogP contribution in [-0.2, 0) is 7.05 Å². The molecule has 0 aromatic carbocycles. The number of nitrogens with zero attached hydrogens (tertiary/aromatic N) is 6. The van der Waals surface area contributed by atoms with E-state index in [-0.39, 0.29) is 0 Å². The molecule has 0 amide bonds. The Morgan fingerprint density at radius 1 is 1.25 bits per heavy atom. The zero-order chi connectivity index (χ0) is 16.4. The third-order valence-electron chi connectivity index (χ3n) is 4.47. The van der Waals surface area contributed by atoms with Gasteiger partial charge in [0.1, 0.15) is 6.33 Å². The summed E-state index contributed by atoms with van der Waals surface area (Å²) in [6.07, 6.45) is 11.0. The molecule has 0 spiro atoms. The highest BCUT2D eigenvalue weighted by Gasteiger charge is 2.23. The number of aryl methyl sites for hydroxylation is 1. The largest absolute Gasteiger partial charge is 0.348 e. The Balaban J connectivity index is 1.71. The Hall–Kier alpha value is -2.28. The average molecular weight is 340 g/mol. The molecule has 0 bridgehead atoms. The van der Waals surface area contributed by atoms with Crippen LogP contribution in [0.25, 0.3) is 17.2 Å². The lowest BCUT2D eigenvalue weighted by Gasteiger charge is -2.28. The predicted molar refractivity (Wildman–Crippen MR) is 97.1 cm³/mol. The van der Waals surface area contributed by atoms with Gasteiger partial charge < -0.3 is 4.90 Å². The van der Waals surface area contributed by atoms with Crippen LogP contribution in [0.5, 0.6) is 0 Å². The third-order valence-corrected chi connectivity index (χ3v) is 5.30. The van der Waals surface area contributed by atoms with Crippen LogP contribution in [0.1, 0.15) is 30.6 Å². The van der Waals surface area contributed by atoms with Crippen molar-refractivity contribution in [3.63, 3.8) is 0 Å². The summed E-state index contributed by atoms with van der Waals surface area (Å²) in [6, 6.07) is 4.56. The highest BCUT2D eigenvalue weighted by atomic mass is 32.1. The lowest BCUT2D eigenvalue weighted by atomic mass is 10.1. The average Bonchev–Trinajstić information content (AvgIpc) is 3.18. The van der Waals surface area contributed by atoms with Gasteiger partial charge >= 0.3 is 0 Å². The van der Waals surface area contributed by atoms with Gasteiger partial charge in [-0.1, -0.05) is 30.2 Å². The van der Waals surface area contributed by atoms with E-state index in [0.29, 0.717) is 6.04 Å². The molecule has 124 valence electrons. The number of thiophene rings is 1. The second-order valence-electron chi connectivity index (χ2n) is 6.07. The van der Waals surface area contributed by atoms with Crippen molar-refractivity contribution in [3.8, 4) is 0 Å². The van der Waals surface area contributed by atoms with Gasteiger partial charge in [-0.25, -0.2) is 14.6 Å². The van der Waals surface area contributed by atoms with E-state index in [1.807, 2.05) is 7.05 Å². The summed E-state index contributed by atoms with van der Waals surface area (Å²) in [5, 5.41) is 10.5. The van der Waals surface area contributed by atoms with Crippen LogP contribution in [0, 0.1) is 0 Å². The summed E-state index contributed by atoms with van der Waals surface area (Å²) in [5.74, 6) is 0.899. The molecule has 1 unspecified atom stereocenters. The topological polar surface area (TPSA) is 59.7 Å². The minimum Gasteiger partial charge on any atom is -0.348 e. The molecule has 3 aromatic heterocycles. The van der Waals surface area contributed by atoms with Crippen molar-refractivity contribution in [3.05, 3.63) is 34.8 Å². The second kappa shape index (κ2) is 6.68. The van der Waals surface area contributed by atoms with Gasteiger partial charge in [0.15, 0.2) is 17.0 Å². The normalized spacial score (nSPS) is 19.2. The second-order valence-corrected chi connectivity index (χ2v) is 7.05. The first-order chi connectivity index (χ1) is 11.8. The minimum absolute atomic E-state index is 0.328. The SMILES string of the molecule is Cn1nnc2c(N3CCCCCC3/C=C/c3cccs3)ncnc21. The van der Waals surface area contributed by atoms with Gasteiger partial charge in [0.05, 0.1) is 0 Å². The molecule has 24 heavy (non-hydrogen) atoms. The Morgan fingerprint density at radius 2 is 2.21 bits per heavy atom. The molecule has 0 saturated carbocycles. The van der Waals surface area contributed by atoms with E-state index in [2.05, 4.69) is 54.8 Å². The molecule has 1 fully saturated rings. The zero-order valence-electron chi connectivity index (χ0n) is 13.7. The van der Waals surface area contributed by atoms with Crippen LogP contribution in [0.2, 0.25) is 0 Å². The van der Waals surface area contributed by atoms with E-state index in [1.54, 1.807) is 22.3 Å². The van der Waals surface area contributed by atoms with Crippen molar-refractivity contribution in [2.24, 2.45) is 7.05 Å². The van der Waals surface area contributed by atoms with Crippen LogP contribution in [0.4, 0.5) is 5.82 Å². The summed E-state index contributed by atoms with van der Waals surface area (Å²) in [5.41, 5.74) is 1.57. The van der Waals surface area contributed by atoms with Gasteiger partial charge in [0.2, 0.25) is 0 Å². The molecule has 7 heteroatoms. The van der Waals surface area contributed by atoms with Gasteiger partial charge in [-0.15, -0.1) is 16.4 Å². The molecule has 3 aromatic rings. The molecular weight excluding hydrogens is 320 g/mol. The van der Waals surface area contributed by atoms with Crippen LogP contribution in [0.3, 0.4) is 0 Å². The number of hydrogen-bond donors (Lipinski definition) is 0. The number of rotatable bonds is 3. The van der Waals surface area contributed by atoms with E-state index < -0.39 is 0 Å². The highest BCUT2D eigenvalue weighted by molar-refractivity contribution is 7.10. The lowest BCUT2D eigenvalue weighted by molar-refractivity contribution is 0.661. The molecule has 1 aliphatic heterocycles. The molecule has 4 rings (SSSR count). The smallest absolute Gasteiger partial charge is 0.183 e. The van der Waals surface area contributed by atoms with Gasteiger partial charge in [-0.3, -0.25) is 0 Å². The molecule has 0 N–H and O–H groups in total. The van der Waals surface area contributed by atoms with E-state index in [9.17, 15) is 0 Å². The Labute approximate surface area is 144 Å². The van der Waals surface area contributed by atoms with Crippen molar-refractivity contribution in [1.29, 1.82) is 0 Å². The van der Waals surface area contributed by atoms with Gasteiger partial charge in [0.25, 0.3) is 0 Å². The summed E-state index contributed by atoms with van der Waals surface area (Å²) < 4.78 is 1.70. The molecule has 6 nitrogen and oxygen atoms in total. The van der Waals surface area contributed by atoms with Crippen LogP contribution < -0.4 is 4.90 Å². The highest BCUT2D eigenvalue weighted by Crippen LogP contribution is 2.28. The van der Waals surface area contributed by atoms with E-state index >= 15 is 0 Å². The number of anilines is 1. The lowest BCUT2D eigenvalue weighted by Crippen LogP contribution is -2.34. The first-order valence-corrected chi connectivity index (χ1v) is 9.19. The predicted octanol–water partition coefficient (Wildman–Crippen LogP) is 3.28. The number of hydrogen-bond acceptors (Lipinski definition) is 6. The van der Waals surface area contributed by atoms with Crippen molar-refractivity contribution in [2.45, 2.75) is 31.7 Å². The maximum Gasteiger partial charge on any atom is 0.183 e. The molecule has 0 radical (unpaired) electrons. The molecule has 0 aliphatic carbocycles. The van der Waals surface area contributed by atoms with E-state index in [1.165, 1.54) is 24.1 Å². The maximum atomic E-state index is 4.55. The van der Waals surface area contributed by atoms with Crippen LogP contribution in [-0.4, -0.2) is 37.5 Å². The minimum atomic E-state index is 0.328. The van der Waals surface area contributed by atoms with Crippen molar-refractivity contribution in [1.82, 2.24) is 25.0 Å². The van der Waals surface area contributed by atoms with Gasteiger partial charge in [-0.2, -0.15) is 0 Å². The third kappa shape index (κ3) is 2.91. The van der Waals surface area contributed by atoms with Crippen LogP contribution in [0.15, 0.2) is 29.9 Å². The van der Waals surface area contributed by atoms with Gasteiger partial charge in [0, 0.05) is 24.5 Å². The summed E-state index contributed by atoms with van der Waals surface area (Å²) >= 11 is 1.76. The zero-order valence-corrected chi connectivity index (χ0v) is 14.5. The van der Waals surface area contributed by atoms with Crippen molar-refractivity contribution in [2.75, 3.05) is 11.4 Å². The maximum absolute atomic E-state index is 4.55. The molecule has 4 heterocycles. The molecule has 1 aliphatic rings. The Kier molecular flexibility index (Phi) is 4.25. The first-order valence-electron chi connectivity index (χ1n) is 8.31. The van der Waals surface area contributed by atoms with Crippen molar-refractivity contribution < 1.29 is 0 Å². The van der Waals surface area contributed by atoms with E-state index in [0.717, 1.165) is 29.9 Å². The molecule has 1 saturated heterocycles. The fraction of sp³-hybridized carbons (Fsp3) is 0.412. The van der Waals surface area contributed by atoms with Crippen LogP contribution >= 0.6 is 11.3 Å².